The molecule has 33 heavy (non-hydrogen) atoms. The Kier molecular flexibility index (Phi) is 5.94. The number of anilines is 2. The van der Waals surface area contributed by atoms with Gasteiger partial charge in [-0.3, -0.25) is 0 Å². The summed E-state index contributed by atoms with van der Waals surface area (Å²) < 4.78 is 34.0. The van der Waals surface area contributed by atoms with Gasteiger partial charge in [0.25, 0.3) is 0 Å². The van der Waals surface area contributed by atoms with E-state index in [4.69, 9.17) is 4.74 Å². The van der Waals surface area contributed by atoms with Crippen LogP contribution in [0, 0.1) is 5.41 Å². The second kappa shape index (κ2) is 8.32. The highest BCUT2D eigenvalue weighted by atomic mass is 32.2. The summed E-state index contributed by atoms with van der Waals surface area (Å²) in [4.78, 5) is 20.7. The third-order valence-electron chi connectivity index (χ3n) is 5.50. The van der Waals surface area contributed by atoms with Gasteiger partial charge in [0.2, 0.25) is 16.0 Å². The molecular weight excluding hydrogens is 446 g/mol. The molecule has 0 atom stereocenters. The zero-order valence-electron chi connectivity index (χ0n) is 19.8. The molecule has 2 aliphatic heterocycles. The van der Waals surface area contributed by atoms with Crippen molar-refractivity contribution in [3.05, 3.63) is 18.3 Å². The van der Waals surface area contributed by atoms with Crippen LogP contribution in [0.15, 0.2) is 18.3 Å². The van der Waals surface area contributed by atoms with E-state index >= 15 is 0 Å². The highest BCUT2D eigenvalue weighted by Crippen LogP contribution is 2.41. The second-order valence-corrected chi connectivity index (χ2v) is 12.2. The van der Waals surface area contributed by atoms with Gasteiger partial charge in [0, 0.05) is 50.4 Å². The zero-order chi connectivity index (χ0) is 24.0. The number of carbonyl (C=O) groups excluding carboxylic acids is 1. The molecule has 11 nitrogen and oxygen atoms in total. The molecule has 2 fully saturated rings. The maximum atomic E-state index is 12.2. The lowest BCUT2D eigenvalue weighted by molar-refractivity contribution is -0.0457. The average Bonchev–Trinajstić information content (AvgIpc) is 3.05. The number of sulfonamides is 1. The summed E-state index contributed by atoms with van der Waals surface area (Å²) >= 11 is 0. The first-order valence-electron chi connectivity index (χ1n) is 11.2. The maximum Gasteiger partial charge on any atom is 0.410 e. The lowest BCUT2D eigenvalue weighted by atomic mass is 9.73. The molecule has 2 aromatic rings. The summed E-state index contributed by atoms with van der Waals surface area (Å²) in [6.07, 6.45) is 1.57. The number of hydrogen-bond donors (Lipinski definition) is 2. The summed E-state index contributed by atoms with van der Waals surface area (Å²) in [6.45, 7) is 12.2. The van der Waals surface area contributed by atoms with Gasteiger partial charge in [0.1, 0.15) is 11.1 Å². The van der Waals surface area contributed by atoms with Crippen molar-refractivity contribution in [2.75, 3.05) is 48.7 Å². The lowest BCUT2D eigenvalue weighted by Gasteiger charge is -2.59. The van der Waals surface area contributed by atoms with E-state index in [-0.39, 0.29) is 29.8 Å². The average molecular weight is 480 g/mol. The van der Waals surface area contributed by atoms with Crippen LogP contribution >= 0.6 is 0 Å². The fourth-order valence-electron chi connectivity index (χ4n) is 4.23. The third-order valence-corrected chi connectivity index (χ3v) is 7.07. The SMILES string of the molecule is CC(C)NS(=O)(=O)CCNc1nc(N2CC3(CN(C(=O)OC(C)(C)C)C3)C2)nn2cccc12. The van der Waals surface area contributed by atoms with Crippen LogP contribution in [0.3, 0.4) is 0 Å². The molecule has 2 saturated heterocycles. The molecule has 0 saturated carbocycles. The molecule has 0 radical (unpaired) electrons. The minimum atomic E-state index is -3.36. The van der Waals surface area contributed by atoms with Gasteiger partial charge in [-0.05, 0) is 46.8 Å². The number of hydrogen-bond acceptors (Lipinski definition) is 8. The monoisotopic (exact) mass is 479 g/mol. The number of nitrogens with one attached hydrogen (secondary N) is 2. The zero-order valence-corrected chi connectivity index (χ0v) is 20.6. The van der Waals surface area contributed by atoms with Gasteiger partial charge in [-0.15, -0.1) is 5.10 Å². The standard InChI is InChI=1S/C21H33N7O4S/c1-15(2)25-33(30,31)10-8-22-17-16-7-6-9-28(16)24-18(23-17)26-11-21(12-26)13-27(14-21)19(29)32-20(3,4)5/h6-7,9,15,25H,8,10-14H2,1-5H3,(H,22,23,24). The maximum absolute atomic E-state index is 12.2. The number of aromatic nitrogens is 3. The molecule has 2 N–H and O–H groups in total. The van der Waals surface area contributed by atoms with Gasteiger partial charge in [-0.25, -0.2) is 22.4 Å². The van der Waals surface area contributed by atoms with Gasteiger partial charge in [0.15, 0.2) is 5.82 Å². The van der Waals surface area contributed by atoms with Crippen molar-refractivity contribution in [3.63, 3.8) is 0 Å². The molecular formula is C21H33N7O4S. The largest absolute Gasteiger partial charge is 0.444 e. The summed E-state index contributed by atoms with van der Waals surface area (Å²) in [6, 6.07) is 3.61. The molecule has 2 aliphatic rings. The van der Waals surface area contributed by atoms with Crippen LogP contribution in [0.4, 0.5) is 16.6 Å². The number of amides is 1. The Bertz CT molecular complexity index is 1130. The fourth-order valence-corrected chi connectivity index (χ4v) is 5.44. The minimum Gasteiger partial charge on any atom is -0.444 e. The Labute approximate surface area is 194 Å². The Balaban J connectivity index is 1.37. The number of carbonyl (C=O) groups is 1. The van der Waals surface area contributed by atoms with Crippen LogP contribution in [0.1, 0.15) is 34.6 Å². The predicted molar refractivity (Wildman–Crippen MR) is 126 cm³/mol. The van der Waals surface area contributed by atoms with Crippen LogP contribution in [0.2, 0.25) is 0 Å². The first-order valence-corrected chi connectivity index (χ1v) is 12.8. The number of nitrogens with zero attached hydrogens (tertiary/aromatic N) is 5. The number of ether oxygens (including phenoxy) is 1. The Morgan fingerprint density at radius 2 is 1.94 bits per heavy atom. The van der Waals surface area contributed by atoms with Crippen molar-refractivity contribution in [3.8, 4) is 0 Å². The third kappa shape index (κ3) is 5.32. The van der Waals surface area contributed by atoms with Crippen molar-refractivity contribution in [2.45, 2.75) is 46.3 Å². The Morgan fingerprint density at radius 1 is 1.24 bits per heavy atom. The quantitative estimate of drug-likeness (QED) is 0.613. The van der Waals surface area contributed by atoms with E-state index < -0.39 is 15.6 Å². The van der Waals surface area contributed by atoms with E-state index in [0.29, 0.717) is 24.9 Å². The number of fused-ring (bicyclic) bond motifs is 1. The molecule has 0 aliphatic carbocycles. The van der Waals surface area contributed by atoms with E-state index in [1.54, 1.807) is 23.3 Å². The Hall–Kier alpha value is -2.60. The van der Waals surface area contributed by atoms with Gasteiger partial charge in [-0.1, -0.05) is 0 Å². The van der Waals surface area contributed by atoms with Crippen LogP contribution in [0.5, 0.6) is 0 Å². The molecule has 4 heterocycles. The molecule has 1 amide bonds. The van der Waals surface area contributed by atoms with Crippen LogP contribution in [-0.2, 0) is 14.8 Å². The van der Waals surface area contributed by atoms with E-state index in [0.717, 1.165) is 18.6 Å². The lowest BCUT2D eigenvalue weighted by Crippen LogP contribution is -2.73. The summed E-state index contributed by atoms with van der Waals surface area (Å²) in [5.74, 6) is 1.12. The molecule has 12 heteroatoms. The van der Waals surface area contributed by atoms with E-state index in [9.17, 15) is 13.2 Å². The van der Waals surface area contributed by atoms with Gasteiger partial charge in [0.05, 0.1) is 5.75 Å². The fraction of sp³-hybridized carbons (Fsp3) is 0.667. The van der Waals surface area contributed by atoms with E-state index in [1.807, 2.05) is 39.1 Å². The predicted octanol–water partition coefficient (Wildman–Crippen LogP) is 1.53. The number of rotatable bonds is 7. The van der Waals surface area contributed by atoms with Crippen molar-refractivity contribution in [2.24, 2.45) is 5.41 Å². The van der Waals surface area contributed by atoms with E-state index in [1.165, 1.54) is 0 Å². The molecule has 0 unspecified atom stereocenters. The summed E-state index contributed by atoms with van der Waals surface area (Å²) in [7, 11) is -3.36. The van der Waals surface area contributed by atoms with Crippen molar-refractivity contribution >= 4 is 33.4 Å². The molecule has 1 spiro atoms. The van der Waals surface area contributed by atoms with Crippen LogP contribution in [0.25, 0.3) is 5.52 Å². The number of likely N-dealkylation sites (tertiary alicyclic amines) is 1. The second-order valence-electron chi connectivity index (χ2n) is 10.3. The molecule has 0 bridgehead atoms. The highest BCUT2D eigenvalue weighted by Gasteiger charge is 2.54. The summed E-state index contributed by atoms with van der Waals surface area (Å²) in [5, 5.41) is 7.75. The normalized spacial score (nSPS) is 17.9. The highest BCUT2D eigenvalue weighted by molar-refractivity contribution is 7.89. The molecule has 4 rings (SSSR count). The smallest absolute Gasteiger partial charge is 0.410 e. The van der Waals surface area contributed by atoms with Gasteiger partial charge < -0.3 is 19.9 Å². The van der Waals surface area contributed by atoms with E-state index in [2.05, 4.69) is 25.0 Å². The molecule has 2 aromatic heterocycles. The summed E-state index contributed by atoms with van der Waals surface area (Å²) in [5.41, 5.74) is 0.331. The first kappa shape index (κ1) is 23.6. The van der Waals surface area contributed by atoms with Crippen molar-refractivity contribution in [1.82, 2.24) is 24.2 Å². The van der Waals surface area contributed by atoms with Crippen molar-refractivity contribution < 1.29 is 17.9 Å². The molecule has 0 aromatic carbocycles. The topological polar surface area (TPSA) is 121 Å². The van der Waals surface area contributed by atoms with Gasteiger partial charge >= 0.3 is 6.09 Å². The van der Waals surface area contributed by atoms with Crippen LogP contribution in [-0.4, -0.2) is 84.1 Å². The van der Waals surface area contributed by atoms with Gasteiger partial charge in [-0.2, -0.15) is 4.98 Å². The first-order chi connectivity index (χ1) is 15.3. The van der Waals surface area contributed by atoms with Crippen LogP contribution < -0.4 is 14.9 Å². The van der Waals surface area contributed by atoms with Crippen molar-refractivity contribution in [1.29, 1.82) is 0 Å². The molecule has 182 valence electrons. The minimum absolute atomic E-state index is 0.0509. The Morgan fingerprint density at radius 3 is 2.58 bits per heavy atom.